The van der Waals surface area contributed by atoms with Crippen LogP contribution in [0, 0.1) is 0 Å². The maximum atomic E-state index is 12.5. The lowest BCUT2D eigenvalue weighted by Gasteiger charge is -2.39. The lowest BCUT2D eigenvalue weighted by atomic mass is 10.1. The molecule has 1 aromatic heterocycles. The molecule has 190 valence electrons. The molecule has 1 aliphatic rings. The quantitative estimate of drug-likeness (QED) is 0.430. The molecule has 2 aromatic carbocycles. The van der Waals surface area contributed by atoms with Crippen LogP contribution in [0.15, 0.2) is 71.3 Å². The van der Waals surface area contributed by atoms with Crippen LogP contribution in [0.3, 0.4) is 0 Å². The Kier molecular flexibility index (Phi) is 8.86. The summed E-state index contributed by atoms with van der Waals surface area (Å²) in [5.74, 6) is 0.294. The Labute approximate surface area is 216 Å². The molecule has 0 bridgehead atoms. The average molecular weight is 511 g/mol. The van der Waals surface area contributed by atoms with E-state index in [0.29, 0.717) is 18.0 Å². The summed E-state index contributed by atoms with van der Waals surface area (Å²) in [5, 5.41) is 6.12. The van der Waals surface area contributed by atoms with Crippen LogP contribution in [0.2, 0.25) is 5.02 Å². The monoisotopic (exact) mass is 510 g/mol. The van der Waals surface area contributed by atoms with Gasteiger partial charge in [0.25, 0.3) is 0 Å². The first-order chi connectivity index (χ1) is 17.5. The van der Waals surface area contributed by atoms with Gasteiger partial charge in [0.05, 0.1) is 19.4 Å². The van der Waals surface area contributed by atoms with Gasteiger partial charge in [0.1, 0.15) is 11.5 Å². The van der Waals surface area contributed by atoms with Gasteiger partial charge in [-0.25, -0.2) is 0 Å². The van der Waals surface area contributed by atoms with Crippen LogP contribution in [0.25, 0.3) is 0 Å². The Bertz CT molecular complexity index is 1110. The number of hydrogen-bond acceptors (Lipinski definition) is 6. The first kappa shape index (κ1) is 25.6. The van der Waals surface area contributed by atoms with Crippen LogP contribution in [-0.2, 0) is 16.0 Å². The number of methoxy groups -OCH3 is 1. The van der Waals surface area contributed by atoms with E-state index in [-0.39, 0.29) is 12.6 Å². The standard InChI is InChI=1S/C27H31ClN4O4/c1-35-23-10-8-22(9-11-23)31-14-16-32(17-15-31)24(25-3-2-18-36-25)19-30-27(34)26(33)29-13-12-20-4-6-21(28)7-5-20/h2-11,18,24H,12-17,19H2,1H3,(H,29,33)(H,30,34). The number of rotatable bonds is 9. The van der Waals surface area contributed by atoms with Crippen molar-refractivity contribution >= 4 is 29.1 Å². The molecule has 0 saturated carbocycles. The number of furan rings is 1. The summed E-state index contributed by atoms with van der Waals surface area (Å²) in [6, 6.07) is 19.0. The second-order valence-corrected chi connectivity index (χ2v) is 9.03. The Morgan fingerprint density at radius 1 is 0.972 bits per heavy atom. The Hall–Kier alpha value is -3.49. The zero-order chi connectivity index (χ0) is 25.3. The molecule has 0 aliphatic carbocycles. The number of carbonyl (C=O) groups excluding carboxylic acids is 2. The number of halogens is 1. The fourth-order valence-electron chi connectivity index (χ4n) is 4.30. The van der Waals surface area contributed by atoms with E-state index in [0.717, 1.165) is 48.9 Å². The minimum absolute atomic E-state index is 0.163. The highest BCUT2D eigenvalue weighted by Gasteiger charge is 2.28. The maximum absolute atomic E-state index is 12.5. The predicted octanol–water partition coefficient (Wildman–Crippen LogP) is 3.28. The number of piperazine rings is 1. The molecule has 4 rings (SSSR count). The van der Waals surface area contributed by atoms with Crippen LogP contribution in [-0.4, -0.2) is 63.1 Å². The van der Waals surface area contributed by atoms with Crippen molar-refractivity contribution in [1.29, 1.82) is 0 Å². The number of ether oxygens (including phenoxy) is 1. The topological polar surface area (TPSA) is 87.0 Å². The number of carbonyl (C=O) groups is 2. The van der Waals surface area contributed by atoms with Crippen molar-refractivity contribution in [2.24, 2.45) is 0 Å². The molecule has 0 radical (unpaired) electrons. The van der Waals surface area contributed by atoms with Gasteiger partial charge in [-0.05, 0) is 60.5 Å². The molecule has 2 heterocycles. The highest BCUT2D eigenvalue weighted by molar-refractivity contribution is 6.35. The van der Waals surface area contributed by atoms with E-state index >= 15 is 0 Å². The van der Waals surface area contributed by atoms with Crippen LogP contribution in [0.5, 0.6) is 5.75 Å². The van der Waals surface area contributed by atoms with Gasteiger partial charge < -0.3 is 24.7 Å². The molecule has 9 heteroatoms. The van der Waals surface area contributed by atoms with Gasteiger partial charge in [-0.3, -0.25) is 14.5 Å². The van der Waals surface area contributed by atoms with Gasteiger partial charge >= 0.3 is 11.8 Å². The van der Waals surface area contributed by atoms with Crippen molar-refractivity contribution < 1.29 is 18.7 Å². The number of nitrogens with one attached hydrogen (secondary N) is 2. The molecule has 1 saturated heterocycles. The molecule has 1 aliphatic heterocycles. The van der Waals surface area contributed by atoms with Gasteiger partial charge in [-0.2, -0.15) is 0 Å². The fourth-order valence-corrected chi connectivity index (χ4v) is 4.42. The minimum atomic E-state index is -0.653. The molecular formula is C27H31ClN4O4. The normalized spacial score (nSPS) is 14.8. The number of hydrogen-bond donors (Lipinski definition) is 2. The number of nitrogens with zero attached hydrogens (tertiary/aromatic N) is 2. The maximum Gasteiger partial charge on any atom is 0.309 e. The molecule has 0 spiro atoms. The van der Waals surface area contributed by atoms with Crippen molar-refractivity contribution in [3.63, 3.8) is 0 Å². The third-order valence-electron chi connectivity index (χ3n) is 6.34. The SMILES string of the molecule is COc1ccc(N2CCN(C(CNC(=O)C(=O)NCCc3ccc(Cl)cc3)c3ccco3)CC2)cc1. The van der Waals surface area contributed by atoms with Crippen molar-refractivity contribution in [1.82, 2.24) is 15.5 Å². The summed E-state index contributed by atoms with van der Waals surface area (Å²) in [6.07, 6.45) is 2.24. The van der Waals surface area contributed by atoms with Gasteiger partial charge in [0.15, 0.2) is 0 Å². The second kappa shape index (κ2) is 12.5. The molecule has 1 unspecified atom stereocenters. The van der Waals surface area contributed by atoms with Gasteiger partial charge in [-0.1, -0.05) is 23.7 Å². The Morgan fingerprint density at radius 3 is 2.31 bits per heavy atom. The van der Waals surface area contributed by atoms with Crippen molar-refractivity contribution in [2.45, 2.75) is 12.5 Å². The lowest BCUT2D eigenvalue weighted by molar-refractivity contribution is -0.139. The predicted molar refractivity (Wildman–Crippen MR) is 139 cm³/mol. The summed E-state index contributed by atoms with van der Waals surface area (Å²) in [5.41, 5.74) is 2.18. The van der Waals surface area contributed by atoms with Gasteiger partial charge in [0, 0.05) is 50.0 Å². The van der Waals surface area contributed by atoms with E-state index in [4.69, 9.17) is 20.8 Å². The Balaban J connectivity index is 1.27. The van der Waals surface area contributed by atoms with E-state index in [9.17, 15) is 9.59 Å². The molecule has 36 heavy (non-hydrogen) atoms. The van der Waals surface area contributed by atoms with Crippen LogP contribution in [0.4, 0.5) is 5.69 Å². The molecule has 2 N–H and O–H groups in total. The highest BCUT2D eigenvalue weighted by atomic mass is 35.5. The summed E-state index contributed by atoms with van der Waals surface area (Å²) in [4.78, 5) is 29.4. The Morgan fingerprint density at radius 2 is 1.67 bits per heavy atom. The van der Waals surface area contributed by atoms with Crippen molar-refractivity contribution in [3.8, 4) is 5.75 Å². The molecule has 1 atom stereocenters. The number of anilines is 1. The molecule has 3 aromatic rings. The van der Waals surface area contributed by atoms with E-state index < -0.39 is 11.8 Å². The zero-order valence-electron chi connectivity index (χ0n) is 20.3. The molecule has 8 nitrogen and oxygen atoms in total. The van der Waals surface area contributed by atoms with Crippen LogP contribution in [0.1, 0.15) is 17.4 Å². The summed E-state index contributed by atoms with van der Waals surface area (Å²) < 4.78 is 10.9. The third kappa shape index (κ3) is 6.80. The largest absolute Gasteiger partial charge is 0.497 e. The average Bonchev–Trinajstić information content (AvgIpc) is 3.45. The first-order valence-electron chi connectivity index (χ1n) is 12.0. The van der Waals surface area contributed by atoms with Crippen molar-refractivity contribution in [3.05, 3.63) is 83.3 Å². The van der Waals surface area contributed by atoms with E-state index in [1.54, 1.807) is 25.5 Å². The van der Waals surface area contributed by atoms with E-state index in [2.05, 4.69) is 32.6 Å². The molecule has 1 fully saturated rings. The minimum Gasteiger partial charge on any atom is -0.497 e. The first-order valence-corrected chi connectivity index (χ1v) is 12.4. The smallest absolute Gasteiger partial charge is 0.309 e. The lowest BCUT2D eigenvalue weighted by Crippen LogP contribution is -2.50. The summed E-state index contributed by atoms with van der Waals surface area (Å²) >= 11 is 5.90. The number of amides is 2. The van der Waals surface area contributed by atoms with Crippen LogP contribution >= 0.6 is 11.6 Å². The molecule has 2 amide bonds. The van der Waals surface area contributed by atoms with Gasteiger partial charge in [0.2, 0.25) is 0 Å². The summed E-state index contributed by atoms with van der Waals surface area (Å²) in [7, 11) is 1.66. The highest BCUT2D eigenvalue weighted by Crippen LogP contribution is 2.25. The zero-order valence-corrected chi connectivity index (χ0v) is 21.0. The van der Waals surface area contributed by atoms with Crippen LogP contribution < -0.4 is 20.3 Å². The fraction of sp³-hybridized carbons (Fsp3) is 0.333. The number of benzene rings is 2. The summed E-state index contributed by atoms with van der Waals surface area (Å²) in [6.45, 7) is 3.90. The van der Waals surface area contributed by atoms with Gasteiger partial charge in [-0.15, -0.1) is 0 Å². The van der Waals surface area contributed by atoms with Crippen molar-refractivity contribution in [2.75, 3.05) is 51.3 Å². The third-order valence-corrected chi connectivity index (χ3v) is 6.59. The second-order valence-electron chi connectivity index (χ2n) is 8.59. The molecular weight excluding hydrogens is 480 g/mol. The van der Waals surface area contributed by atoms with E-state index in [1.165, 1.54) is 0 Å². The van der Waals surface area contributed by atoms with E-state index in [1.807, 2.05) is 36.4 Å².